The minimum atomic E-state index is 0.124. The van der Waals surface area contributed by atoms with Crippen LogP contribution in [0.5, 0.6) is 17.2 Å². The molecule has 0 aliphatic carbocycles. The number of aryl methyl sites for hydroxylation is 1. The first kappa shape index (κ1) is 20.8. The van der Waals surface area contributed by atoms with Crippen LogP contribution in [-0.2, 0) is 6.61 Å². The van der Waals surface area contributed by atoms with Gasteiger partial charge in [-0.15, -0.1) is 0 Å². The van der Waals surface area contributed by atoms with Gasteiger partial charge < -0.3 is 24.6 Å². The summed E-state index contributed by atoms with van der Waals surface area (Å²) in [6, 6.07) is 5.79. The van der Waals surface area contributed by atoms with E-state index in [-0.39, 0.29) is 12.6 Å². The number of ether oxygens (including phenoxy) is 3. The second kappa shape index (κ2) is 10.6. The molecule has 0 bridgehead atoms. The lowest BCUT2D eigenvalue weighted by molar-refractivity contribution is 0.275. The van der Waals surface area contributed by atoms with Crippen LogP contribution in [0.1, 0.15) is 37.6 Å². The van der Waals surface area contributed by atoms with Gasteiger partial charge in [-0.1, -0.05) is 25.5 Å². The highest BCUT2D eigenvalue weighted by atomic mass is 16.5. The number of nitrogens with one attached hydrogen (secondary N) is 1. The molecule has 7 heteroatoms. The van der Waals surface area contributed by atoms with E-state index in [1.54, 1.807) is 20.4 Å². The topological polar surface area (TPSA) is 85.7 Å². The molecule has 0 amide bonds. The van der Waals surface area contributed by atoms with Crippen molar-refractivity contribution in [1.82, 2.24) is 9.97 Å². The fraction of sp³-hybridized carbons (Fsp3) is 0.500. The maximum atomic E-state index is 9.29. The second-order valence-electron chi connectivity index (χ2n) is 6.21. The van der Waals surface area contributed by atoms with E-state index < -0.39 is 0 Å². The summed E-state index contributed by atoms with van der Waals surface area (Å²) < 4.78 is 16.8. The van der Waals surface area contributed by atoms with Crippen molar-refractivity contribution in [3.8, 4) is 17.2 Å². The molecule has 2 aromatic rings. The Morgan fingerprint density at radius 2 is 1.96 bits per heavy atom. The van der Waals surface area contributed by atoms with Crippen molar-refractivity contribution in [3.05, 3.63) is 35.8 Å². The van der Waals surface area contributed by atoms with Crippen molar-refractivity contribution in [2.24, 2.45) is 0 Å². The third-order valence-corrected chi connectivity index (χ3v) is 4.20. The Morgan fingerprint density at radius 1 is 1.15 bits per heavy atom. The van der Waals surface area contributed by atoms with Gasteiger partial charge in [0.25, 0.3) is 0 Å². The zero-order chi connectivity index (χ0) is 19.6. The number of benzene rings is 1. The molecule has 1 aromatic carbocycles. The summed E-state index contributed by atoms with van der Waals surface area (Å²) in [6.45, 7) is 4.36. The molecule has 1 aromatic heterocycles. The Labute approximate surface area is 160 Å². The summed E-state index contributed by atoms with van der Waals surface area (Å²) in [5.74, 6) is 3.15. The quantitative estimate of drug-likeness (QED) is 0.623. The van der Waals surface area contributed by atoms with E-state index in [9.17, 15) is 5.11 Å². The minimum Gasteiger partial charge on any atom is -0.493 e. The summed E-state index contributed by atoms with van der Waals surface area (Å²) in [7, 11) is 3.21. The molecule has 0 saturated heterocycles. The minimum absolute atomic E-state index is 0.124. The molecule has 0 fully saturated rings. The maximum Gasteiger partial charge on any atom is 0.180 e. The van der Waals surface area contributed by atoms with E-state index in [2.05, 4.69) is 22.2 Å². The molecule has 2 rings (SSSR count). The molecule has 0 aliphatic rings. The van der Waals surface area contributed by atoms with Gasteiger partial charge in [-0.2, -0.15) is 0 Å². The number of hydrogen-bond donors (Lipinski definition) is 2. The van der Waals surface area contributed by atoms with Crippen LogP contribution in [0, 0.1) is 6.92 Å². The van der Waals surface area contributed by atoms with Gasteiger partial charge in [-0.05, 0) is 25.8 Å². The number of aliphatic hydroxyl groups excluding tert-OH is 1. The van der Waals surface area contributed by atoms with E-state index in [1.165, 1.54) is 0 Å². The zero-order valence-electron chi connectivity index (χ0n) is 16.5. The molecule has 0 radical (unpaired) electrons. The van der Waals surface area contributed by atoms with Gasteiger partial charge in [0.05, 0.1) is 20.4 Å². The second-order valence-corrected chi connectivity index (χ2v) is 6.21. The first-order valence-corrected chi connectivity index (χ1v) is 9.16. The summed E-state index contributed by atoms with van der Waals surface area (Å²) in [5.41, 5.74) is 0.865. The van der Waals surface area contributed by atoms with Crippen LogP contribution in [0.15, 0.2) is 24.4 Å². The van der Waals surface area contributed by atoms with Crippen molar-refractivity contribution in [1.29, 1.82) is 0 Å². The highest BCUT2D eigenvalue weighted by molar-refractivity contribution is 5.50. The first-order valence-electron chi connectivity index (χ1n) is 9.16. The summed E-state index contributed by atoms with van der Waals surface area (Å²) in [5, 5.41) is 12.7. The Morgan fingerprint density at radius 3 is 2.63 bits per heavy atom. The van der Waals surface area contributed by atoms with Gasteiger partial charge in [-0.25, -0.2) is 9.97 Å². The van der Waals surface area contributed by atoms with E-state index in [1.807, 2.05) is 25.1 Å². The summed E-state index contributed by atoms with van der Waals surface area (Å²) >= 11 is 0. The van der Waals surface area contributed by atoms with Crippen molar-refractivity contribution < 1.29 is 19.3 Å². The standard InChI is InChI=1S/C20H29N3O4/c1-5-7-16(10-11-24)23-20-18(12-21-14(2)22-20)27-13-15-8-6-9-17(25-3)19(15)26-4/h6,8-9,12,16,24H,5,7,10-11,13H2,1-4H3,(H,21,22,23)/t16-/m0/s1. The molecule has 0 spiro atoms. The highest BCUT2D eigenvalue weighted by Crippen LogP contribution is 2.32. The molecule has 0 saturated carbocycles. The van der Waals surface area contributed by atoms with Crippen molar-refractivity contribution in [3.63, 3.8) is 0 Å². The number of para-hydroxylation sites is 1. The van der Waals surface area contributed by atoms with Gasteiger partial charge in [-0.3, -0.25) is 0 Å². The van der Waals surface area contributed by atoms with Gasteiger partial charge in [0, 0.05) is 18.2 Å². The van der Waals surface area contributed by atoms with E-state index in [4.69, 9.17) is 14.2 Å². The Bertz CT molecular complexity index is 718. The molecule has 7 nitrogen and oxygen atoms in total. The van der Waals surface area contributed by atoms with Gasteiger partial charge in [0.15, 0.2) is 23.1 Å². The number of aliphatic hydroxyl groups is 1. The smallest absolute Gasteiger partial charge is 0.180 e. The van der Waals surface area contributed by atoms with E-state index >= 15 is 0 Å². The lowest BCUT2D eigenvalue weighted by atomic mass is 10.1. The normalized spacial score (nSPS) is 11.7. The summed E-state index contributed by atoms with van der Waals surface area (Å²) in [4.78, 5) is 8.73. The van der Waals surface area contributed by atoms with Crippen molar-refractivity contribution in [2.75, 3.05) is 26.1 Å². The molecular formula is C20H29N3O4. The largest absolute Gasteiger partial charge is 0.493 e. The molecule has 1 atom stereocenters. The first-order chi connectivity index (χ1) is 13.1. The SMILES string of the molecule is CCC[C@@H](CCO)Nc1nc(C)ncc1OCc1cccc(OC)c1OC. The predicted octanol–water partition coefficient (Wildman–Crippen LogP) is 3.34. The van der Waals surface area contributed by atoms with Crippen LogP contribution in [0.4, 0.5) is 5.82 Å². The van der Waals surface area contributed by atoms with Crippen LogP contribution in [-0.4, -0.2) is 41.9 Å². The van der Waals surface area contributed by atoms with Crippen LogP contribution < -0.4 is 19.5 Å². The number of hydrogen-bond acceptors (Lipinski definition) is 7. The average molecular weight is 375 g/mol. The van der Waals surface area contributed by atoms with Crippen LogP contribution in [0.3, 0.4) is 0 Å². The number of rotatable bonds is 11. The number of aromatic nitrogens is 2. The molecule has 2 N–H and O–H groups in total. The fourth-order valence-electron chi connectivity index (χ4n) is 2.88. The average Bonchev–Trinajstić information content (AvgIpc) is 2.67. The molecule has 27 heavy (non-hydrogen) atoms. The van der Waals surface area contributed by atoms with Gasteiger partial charge >= 0.3 is 0 Å². The molecular weight excluding hydrogens is 346 g/mol. The fourth-order valence-corrected chi connectivity index (χ4v) is 2.88. The number of nitrogens with zero attached hydrogens (tertiary/aromatic N) is 2. The molecule has 0 unspecified atom stereocenters. The lowest BCUT2D eigenvalue weighted by Gasteiger charge is -2.20. The Hall–Kier alpha value is -2.54. The Kier molecular flexibility index (Phi) is 8.13. The zero-order valence-corrected chi connectivity index (χ0v) is 16.5. The van der Waals surface area contributed by atoms with E-state index in [0.717, 1.165) is 18.4 Å². The van der Waals surface area contributed by atoms with Crippen molar-refractivity contribution in [2.45, 2.75) is 45.8 Å². The summed E-state index contributed by atoms with van der Waals surface area (Å²) in [6.07, 6.45) is 4.27. The number of methoxy groups -OCH3 is 2. The monoisotopic (exact) mass is 375 g/mol. The van der Waals surface area contributed by atoms with Gasteiger partial charge in [0.1, 0.15) is 12.4 Å². The Balaban J connectivity index is 2.19. The van der Waals surface area contributed by atoms with Crippen LogP contribution in [0.2, 0.25) is 0 Å². The molecule has 0 aliphatic heterocycles. The molecule has 148 valence electrons. The third-order valence-electron chi connectivity index (χ3n) is 4.20. The number of anilines is 1. The lowest BCUT2D eigenvalue weighted by Crippen LogP contribution is -2.22. The predicted molar refractivity (Wildman–Crippen MR) is 105 cm³/mol. The maximum absolute atomic E-state index is 9.29. The van der Waals surface area contributed by atoms with Crippen LogP contribution >= 0.6 is 0 Å². The van der Waals surface area contributed by atoms with E-state index in [0.29, 0.717) is 41.9 Å². The van der Waals surface area contributed by atoms with Gasteiger partial charge in [0.2, 0.25) is 0 Å². The molecule has 1 heterocycles. The van der Waals surface area contributed by atoms with Crippen molar-refractivity contribution >= 4 is 5.82 Å². The highest BCUT2D eigenvalue weighted by Gasteiger charge is 2.15. The third kappa shape index (κ3) is 5.72. The van der Waals surface area contributed by atoms with Crippen LogP contribution in [0.25, 0.3) is 0 Å².